The van der Waals surface area contributed by atoms with Crippen molar-refractivity contribution in [2.45, 2.75) is 11.8 Å². The van der Waals surface area contributed by atoms with Crippen molar-refractivity contribution in [3.63, 3.8) is 0 Å². The first-order valence-electron chi connectivity index (χ1n) is 3.12. The van der Waals surface area contributed by atoms with Gasteiger partial charge in [0, 0.05) is 10.7 Å². The lowest BCUT2D eigenvalue weighted by Gasteiger charge is -1.99. The third-order valence-electron chi connectivity index (χ3n) is 1.40. The van der Waals surface area contributed by atoms with Gasteiger partial charge in [-0.3, -0.25) is 0 Å². The van der Waals surface area contributed by atoms with E-state index in [4.69, 9.17) is 10.7 Å². The van der Waals surface area contributed by atoms with Crippen LogP contribution in [-0.4, -0.2) is 8.42 Å². The van der Waals surface area contributed by atoms with Gasteiger partial charge in [-0.2, -0.15) is 0 Å². The van der Waals surface area contributed by atoms with Gasteiger partial charge in [-0.15, -0.1) is 0 Å². The van der Waals surface area contributed by atoms with Gasteiger partial charge in [0.25, 0.3) is 9.05 Å². The summed E-state index contributed by atoms with van der Waals surface area (Å²) >= 11 is 0. The topological polar surface area (TPSA) is 34.1 Å². The largest absolute Gasteiger partial charge is 0.261 e. The summed E-state index contributed by atoms with van der Waals surface area (Å²) in [7, 11) is 1.32. The molecular formula is C7H6ClFO2S. The van der Waals surface area contributed by atoms with Crippen molar-refractivity contribution in [1.82, 2.24) is 0 Å². The average molecular weight is 209 g/mol. The predicted octanol–water partition coefficient (Wildman–Crippen LogP) is 2.06. The first-order valence-corrected chi connectivity index (χ1v) is 5.43. The van der Waals surface area contributed by atoms with Gasteiger partial charge in [0.15, 0.2) is 0 Å². The molecule has 0 fully saturated rings. The Labute approximate surface area is 74.4 Å². The highest BCUT2D eigenvalue weighted by Gasteiger charge is 2.12. The fourth-order valence-electron chi connectivity index (χ4n) is 0.886. The van der Waals surface area contributed by atoms with E-state index in [1.807, 2.05) is 0 Å². The molecule has 1 aromatic rings. The molecule has 0 aliphatic rings. The molecule has 12 heavy (non-hydrogen) atoms. The van der Waals surface area contributed by atoms with E-state index in [9.17, 15) is 12.8 Å². The van der Waals surface area contributed by atoms with Crippen molar-refractivity contribution in [2.24, 2.45) is 0 Å². The lowest BCUT2D eigenvalue weighted by molar-refractivity contribution is 0.606. The zero-order chi connectivity index (χ0) is 9.35. The monoisotopic (exact) mass is 208 g/mol. The van der Waals surface area contributed by atoms with Crippen molar-refractivity contribution in [2.75, 3.05) is 0 Å². The molecule has 5 heteroatoms. The SMILES string of the molecule is Cc1cc(F)ccc1S(=O)(=O)Cl. The standard InChI is InChI=1S/C7H6ClFO2S/c1-5-4-6(9)2-3-7(5)12(8,10)11/h2-4H,1H3. The number of aryl methyl sites for hydroxylation is 1. The normalized spacial score (nSPS) is 11.6. The highest BCUT2D eigenvalue weighted by molar-refractivity contribution is 8.13. The quantitative estimate of drug-likeness (QED) is 0.662. The number of halogens is 2. The summed E-state index contributed by atoms with van der Waals surface area (Å²) in [5, 5.41) is 0. The number of benzene rings is 1. The Morgan fingerprint density at radius 3 is 2.42 bits per heavy atom. The van der Waals surface area contributed by atoms with Gasteiger partial charge in [-0.1, -0.05) is 0 Å². The molecule has 0 saturated carbocycles. The van der Waals surface area contributed by atoms with Crippen LogP contribution in [-0.2, 0) is 9.05 Å². The van der Waals surface area contributed by atoms with Crippen molar-refractivity contribution >= 4 is 19.7 Å². The first kappa shape index (κ1) is 9.48. The number of rotatable bonds is 1. The van der Waals surface area contributed by atoms with E-state index >= 15 is 0 Å². The Bertz CT molecular complexity index is 400. The summed E-state index contributed by atoms with van der Waals surface area (Å²) in [6.45, 7) is 1.48. The van der Waals surface area contributed by atoms with Crippen LogP contribution in [0.15, 0.2) is 23.1 Å². The van der Waals surface area contributed by atoms with Gasteiger partial charge in [-0.05, 0) is 30.7 Å². The van der Waals surface area contributed by atoms with Crippen molar-refractivity contribution < 1.29 is 12.8 Å². The maximum Gasteiger partial charge on any atom is 0.261 e. The van der Waals surface area contributed by atoms with Crippen molar-refractivity contribution in [3.8, 4) is 0 Å². The van der Waals surface area contributed by atoms with E-state index in [-0.39, 0.29) is 4.90 Å². The van der Waals surface area contributed by atoms with Gasteiger partial charge in [0.05, 0.1) is 4.90 Å². The van der Waals surface area contributed by atoms with Gasteiger partial charge < -0.3 is 0 Å². The molecule has 0 N–H and O–H groups in total. The van der Waals surface area contributed by atoms with E-state index in [1.165, 1.54) is 6.92 Å². The molecule has 0 atom stereocenters. The van der Waals surface area contributed by atoms with E-state index in [0.717, 1.165) is 18.2 Å². The predicted molar refractivity (Wildman–Crippen MR) is 44.2 cm³/mol. The zero-order valence-electron chi connectivity index (χ0n) is 6.21. The molecule has 66 valence electrons. The average Bonchev–Trinajstić information content (AvgIpc) is 1.83. The van der Waals surface area contributed by atoms with Gasteiger partial charge in [-0.25, -0.2) is 12.8 Å². The van der Waals surface area contributed by atoms with Crippen molar-refractivity contribution in [1.29, 1.82) is 0 Å². The van der Waals surface area contributed by atoms with Gasteiger partial charge in [0.2, 0.25) is 0 Å². The molecule has 0 spiro atoms. The second-order valence-corrected chi connectivity index (χ2v) is 4.88. The third-order valence-corrected chi connectivity index (χ3v) is 2.88. The van der Waals surface area contributed by atoms with Gasteiger partial charge >= 0.3 is 0 Å². The lowest BCUT2D eigenvalue weighted by Crippen LogP contribution is -1.94. The van der Waals surface area contributed by atoms with E-state index in [0.29, 0.717) is 5.56 Å². The van der Waals surface area contributed by atoms with E-state index < -0.39 is 14.9 Å². The minimum absolute atomic E-state index is 0.0504. The molecule has 0 heterocycles. The molecule has 0 radical (unpaired) electrons. The first-order chi connectivity index (χ1) is 5.41. The zero-order valence-corrected chi connectivity index (χ0v) is 7.79. The second kappa shape index (κ2) is 3.03. The molecule has 1 rings (SSSR count). The smallest absolute Gasteiger partial charge is 0.207 e. The van der Waals surface area contributed by atoms with Crippen LogP contribution in [0.4, 0.5) is 4.39 Å². The summed E-state index contributed by atoms with van der Waals surface area (Å²) in [5.74, 6) is -0.475. The fourth-order valence-corrected chi connectivity index (χ4v) is 2.08. The van der Waals surface area contributed by atoms with E-state index in [1.54, 1.807) is 0 Å². The summed E-state index contributed by atoms with van der Waals surface area (Å²) in [4.78, 5) is -0.0504. The van der Waals surface area contributed by atoms with Crippen LogP contribution >= 0.6 is 10.7 Å². The van der Waals surface area contributed by atoms with Crippen LogP contribution in [0, 0.1) is 12.7 Å². The molecule has 0 amide bonds. The van der Waals surface area contributed by atoms with Crippen LogP contribution in [0.25, 0.3) is 0 Å². The minimum Gasteiger partial charge on any atom is -0.207 e. The number of hydrogen-bond acceptors (Lipinski definition) is 2. The Kier molecular flexibility index (Phi) is 2.39. The highest BCUT2D eigenvalue weighted by Crippen LogP contribution is 2.19. The highest BCUT2D eigenvalue weighted by atomic mass is 35.7. The second-order valence-electron chi connectivity index (χ2n) is 2.35. The van der Waals surface area contributed by atoms with Crippen LogP contribution in [0.5, 0.6) is 0 Å². The Morgan fingerprint density at radius 1 is 1.42 bits per heavy atom. The molecule has 0 bridgehead atoms. The Balaban J connectivity index is 3.39. The fraction of sp³-hybridized carbons (Fsp3) is 0.143. The molecule has 0 unspecified atom stereocenters. The number of hydrogen-bond donors (Lipinski definition) is 0. The van der Waals surface area contributed by atoms with Gasteiger partial charge in [0.1, 0.15) is 5.82 Å². The summed E-state index contributed by atoms with van der Waals surface area (Å²) in [6, 6.07) is 3.32. The molecule has 0 saturated heterocycles. The van der Waals surface area contributed by atoms with Crippen LogP contribution in [0.1, 0.15) is 5.56 Å². The molecule has 1 aromatic carbocycles. The maximum absolute atomic E-state index is 12.5. The molecule has 2 nitrogen and oxygen atoms in total. The summed E-state index contributed by atoms with van der Waals surface area (Å²) in [5.41, 5.74) is 0.310. The molecule has 0 aromatic heterocycles. The minimum atomic E-state index is -3.74. The van der Waals surface area contributed by atoms with Crippen molar-refractivity contribution in [3.05, 3.63) is 29.6 Å². The van der Waals surface area contributed by atoms with E-state index in [2.05, 4.69) is 0 Å². The third kappa shape index (κ3) is 1.95. The molecule has 0 aliphatic heterocycles. The Morgan fingerprint density at radius 2 is 2.00 bits per heavy atom. The lowest BCUT2D eigenvalue weighted by atomic mass is 10.2. The molecule has 0 aliphatic carbocycles. The summed E-state index contributed by atoms with van der Waals surface area (Å²) in [6.07, 6.45) is 0. The maximum atomic E-state index is 12.5. The van der Waals surface area contributed by atoms with Crippen LogP contribution in [0.3, 0.4) is 0 Å². The van der Waals surface area contributed by atoms with Crippen LogP contribution in [0.2, 0.25) is 0 Å². The summed E-state index contributed by atoms with van der Waals surface area (Å²) < 4.78 is 34.1. The Hall–Kier alpha value is -0.610. The molecular weight excluding hydrogens is 203 g/mol. The van der Waals surface area contributed by atoms with Crippen LogP contribution < -0.4 is 0 Å².